The van der Waals surface area contributed by atoms with E-state index in [1.54, 1.807) is 25.2 Å². The van der Waals surface area contributed by atoms with Crippen LogP contribution in [0.5, 0.6) is 0 Å². The lowest BCUT2D eigenvalue weighted by Crippen LogP contribution is -1.98. The van der Waals surface area contributed by atoms with Crippen molar-refractivity contribution in [2.45, 2.75) is 10.1 Å². The molecular weight excluding hydrogens is 290 g/mol. The highest BCUT2D eigenvalue weighted by Crippen LogP contribution is 2.39. The van der Waals surface area contributed by atoms with Gasteiger partial charge in [-0.25, -0.2) is 4.98 Å². The summed E-state index contributed by atoms with van der Waals surface area (Å²) in [5.74, 6) is 0. The minimum absolute atomic E-state index is 0.0206. The second-order valence-corrected chi connectivity index (χ2v) is 5.20. The third-order valence-corrected chi connectivity index (χ3v) is 3.82. The molecule has 3 rings (SSSR count). The molecule has 0 fully saturated rings. The van der Waals surface area contributed by atoms with Crippen LogP contribution in [0.2, 0.25) is 0 Å². The van der Waals surface area contributed by atoms with Crippen molar-refractivity contribution < 1.29 is 9.34 Å². The zero-order valence-corrected chi connectivity index (χ0v) is 11.9. The summed E-state index contributed by atoms with van der Waals surface area (Å²) < 4.78 is 5.59. The van der Waals surface area contributed by atoms with Crippen molar-refractivity contribution in [3.8, 4) is 0 Å². The minimum Gasteiger partial charge on any atom is -0.431 e. The first-order valence-electron chi connectivity index (χ1n) is 6.17. The van der Waals surface area contributed by atoms with E-state index in [1.165, 1.54) is 0 Å². The van der Waals surface area contributed by atoms with Crippen LogP contribution in [-0.2, 0) is 0 Å². The number of aromatic nitrogens is 1. The molecule has 1 aromatic heterocycles. The summed E-state index contributed by atoms with van der Waals surface area (Å²) in [4.78, 5) is 15.7. The lowest BCUT2D eigenvalue weighted by atomic mass is 10.3. The van der Waals surface area contributed by atoms with E-state index in [4.69, 9.17) is 4.42 Å². The van der Waals surface area contributed by atoms with Gasteiger partial charge in [-0.1, -0.05) is 18.2 Å². The number of fused-ring (bicyclic) bond motifs is 1. The number of nitrogens with one attached hydrogen (secondary N) is 1. The van der Waals surface area contributed by atoms with Gasteiger partial charge in [-0.15, -0.1) is 0 Å². The van der Waals surface area contributed by atoms with Crippen LogP contribution in [0.25, 0.3) is 11.1 Å². The molecule has 7 heteroatoms. The second kappa shape index (κ2) is 5.45. The molecule has 21 heavy (non-hydrogen) atoms. The highest BCUT2D eigenvalue weighted by Gasteiger charge is 2.21. The number of rotatable bonds is 4. The molecule has 1 heterocycles. The lowest BCUT2D eigenvalue weighted by molar-refractivity contribution is -0.386. The molecule has 0 saturated heterocycles. The molecule has 0 bridgehead atoms. The molecule has 0 spiro atoms. The first-order valence-corrected chi connectivity index (χ1v) is 6.99. The average Bonchev–Trinajstić information content (AvgIpc) is 2.88. The zero-order chi connectivity index (χ0) is 14.8. The smallest absolute Gasteiger partial charge is 0.306 e. The maximum Gasteiger partial charge on any atom is 0.306 e. The van der Waals surface area contributed by atoms with Gasteiger partial charge in [0.25, 0.3) is 5.22 Å². The third kappa shape index (κ3) is 2.55. The highest BCUT2D eigenvalue weighted by atomic mass is 32.2. The largest absolute Gasteiger partial charge is 0.431 e. The summed E-state index contributed by atoms with van der Waals surface area (Å²) in [5.41, 5.74) is 1.87. The quantitative estimate of drug-likeness (QED) is 0.581. The molecule has 6 nitrogen and oxygen atoms in total. The van der Waals surface area contributed by atoms with E-state index in [0.29, 0.717) is 21.4 Å². The molecule has 0 amide bonds. The summed E-state index contributed by atoms with van der Waals surface area (Å²) in [6.07, 6.45) is 0. The summed E-state index contributed by atoms with van der Waals surface area (Å²) in [5, 5.41) is 14.5. The van der Waals surface area contributed by atoms with E-state index in [0.717, 1.165) is 17.3 Å². The van der Waals surface area contributed by atoms with Gasteiger partial charge >= 0.3 is 5.69 Å². The molecule has 0 unspecified atom stereocenters. The molecule has 0 aliphatic heterocycles. The molecule has 0 aliphatic carbocycles. The van der Waals surface area contributed by atoms with Crippen molar-refractivity contribution in [1.82, 2.24) is 4.98 Å². The van der Waals surface area contributed by atoms with Crippen molar-refractivity contribution in [1.29, 1.82) is 0 Å². The van der Waals surface area contributed by atoms with Crippen molar-refractivity contribution in [3.63, 3.8) is 0 Å². The maximum absolute atomic E-state index is 11.3. The van der Waals surface area contributed by atoms with Crippen LogP contribution in [0, 0.1) is 10.1 Å². The van der Waals surface area contributed by atoms with Gasteiger partial charge in [-0.2, -0.15) is 0 Å². The van der Waals surface area contributed by atoms with E-state index >= 15 is 0 Å². The van der Waals surface area contributed by atoms with Crippen LogP contribution >= 0.6 is 11.8 Å². The number of nitro groups is 1. The van der Waals surface area contributed by atoms with E-state index in [1.807, 2.05) is 24.3 Å². The number of nitro benzene ring substituents is 1. The Morgan fingerprint density at radius 2 is 2.05 bits per heavy atom. The Labute approximate surface area is 124 Å². The number of para-hydroxylation sites is 3. The van der Waals surface area contributed by atoms with E-state index in [2.05, 4.69) is 10.3 Å². The molecular formula is C14H11N3O3S. The lowest BCUT2D eigenvalue weighted by Gasteiger charge is -2.05. The van der Waals surface area contributed by atoms with Gasteiger partial charge in [0.2, 0.25) is 0 Å². The number of benzene rings is 2. The number of oxazole rings is 1. The predicted molar refractivity (Wildman–Crippen MR) is 80.8 cm³/mol. The summed E-state index contributed by atoms with van der Waals surface area (Å²) in [6, 6.07) is 12.5. The third-order valence-electron chi connectivity index (χ3n) is 2.92. The van der Waals surface area contributed by atoms with E-state index in [-0.39, 0.29) is 5.69 Å². The summed E-state index contributed by atoms with van der Waals surface area (Å²) in [7, 11) is 1.65. The van der Waals surface area contributed by atoms with Crippen LogP contribution in [0.15, 0.2) is 57.0 Å². The van der Waals surface area contributed by atoms with Crippen LogP contribution in [0.1, 0.15) is 0 Å². The normalized spacial score (nSPS) is 10.7. The fourth-order valence-corrected chi connectivity index (χ4v) is 2.87. The topological polar surface area (TPSA) is 81.2 Å². The maximum atomic E-state index is 11.3. The highest BCUT2D eigenvalue weighted by molar-refractivity contribution is 7.99. The number of nitrogens with zero attached hydrogens (tertiary/aromatic N) is 2. The average molecular weight is 301 g/mol. The van der Waals surface area contributed by atoms with Gasteiger partial charge in [0.15, 0.2) is 5.58 Å². The molecule has 0 atom stereocenters. The number of anilines is 1. The zero-order valence-electron chi connectivity index (χ0n) is 11.1. The molecule has 0 radical (unpaired) electrons. The molecule has 2 aromatic carbocycles. The van der Waals surface area contributed by atoms with Crippen molar-refractivity contribution in [2.75, 3.05) is 12.4 Å². The van der Waals surface area contributed by atoms with E-state index < -0.39 is 4.92 Å². The van der Waals surface area contributed by atoms with Gasteiger partial charge in [0.1, 0.15) is 11.2 Å². The fourth-order valence-electron chi connectivity index (χ4n) is 1.98. The Morgan fingerprint density at radius 3 is 2.76 bits per heavy atom. The second-order valence-electron chi connectivity index (χ2n) is 4.21. The Bertz CT molecular complexity index is 783. The van der Waals surface area contributed by atoms with Crippen LogP contribution in [0.3, 0.4) is 0 Å². The van der Waals surface area contributed by atoms with Gasteiger partial charge in [-0.3, -0.25) is 10.1 Å². The minimum atomic E-state index is -0.406. The van der Waals surface area contributed by atoms with Crippen LogP contribution < -0.4 is 5.32 Å². The van der Waals surface area contributed by atoms with Crippen molar-refractivity contribution >= 4 is 34.2 Å². The van der Waals surface area contributed by atoms with Crippen molar-refractivity contribution in [2.24, 2.45) is 0 Å². The molecule has 3 aromatic rings. The molecule has 0 saturated carbocycles. The predicted octanol–water partition coefficient (Wildman–Crippen LogP) is 3.93. The SMILES string of the molecule is CNc1cccc(Sc2nc3ccccc3o2)c1[N+](=O)[O-]. The Hall–Kier alpha value is -2.54. The molecule has 0 aliphatic rings. The standard InChI is InChI=1S/C14H11N3O3S/c1-15-10-6-4-8-12(13(10)17(18)19)21-14-16-9-5-2-3-7-11(9)20-14/h2-8,15H,1H3. The Kier molecular flexibility index (Phi) is 3.49. The summed E-state index contributed by atoms with van der Waals surface area (Å²) >= 11 is 1.14. The molecule has 106 valence electrons. The van der Waals surface area contributed by atoms with E-state index in [9.17, 15) is 10.1 Å². The van der Waals surface area contributed by atoms with Crippen LogP contribution in [-0.4, -0.2) is 17.0 Å². The Balaban J connectivity index is 2.03. The first kappa shape index (κ1) is 13.4. The fraction of sp³-hybridized carbons (Fsp3) is 0.0714. The van der Waals surface area contributed by atoms with Gasteiger partial charge in [-0.05, 0) is 36.0 Å². The summed E-state index contributed by atoms with van der Waals surface area (Å²) in [6.45, 7) is 0. The van der Waals surface area contributed by atoms with Crippen molar-refractivity contribution in [3.05, 3.63) is 52.6 Å². The van der Waals surface area contributed by atoms with Gasteiger partial charge < -0.3 is 9.73 Å². The molecule has 1 N–H and O–H groups in total. The number of hydrogen-bond acceptors (Lipinski definition) is 6. The first-order chi connectivity index (χ1) is 10.2. The van der Waals surface area contributed by atoms with Gasteiger partial charge in [0, 0.05) is 7.05 Å². The Morgan fingerprint density at radius 1 is 1.24 bits per heavy atom. The monoisotopic (exact) mass is 301 g/mol. The van der Waals surface area contributed by atoms with Crippen LogP contribution in [0.4, 0.5) is 11.4 Å². The van der Waals surface area contributed by atoms with Gasteiger partial charge in [0.05, 0.1) is 9.82 Å². The number of hydrogen-bond donors (Lipinski definition) is 1.